The molecule has 0 aromatic heterocycles. The van der Waals surface area contributed by atoms with Crippen molar-refractivity contribution in [2.45, 2.75) is 18.5 Å². The number of ether oxygens (including phenoxy) is 1. The molecule has 0 aliphatic heterocycles. The van der Waals surface area contributed by atoms with E-state index < -0.39 is 41.4 Å². The number of amidine groups is 1. The summed E-state index contributed by atoms with van der Waals surface area (Å²) in [7, 11) is 0. The van der Waals surface area contributed by atoms with Crippen molar-refractivity contribution >= 4 is 5.84 Å². The van der Waals surface area contributed by atoms with Crippen LogP contribution in [0.5, 0.6) is 5.75 Å². The Morgan fingerprint density at radius 3 is 2.10 bits per heavy atom. The summed E-state index contributed by atoms with van der Waals surface area (Å²) >= 11 is 0. The maximum atomic E-state index is 13.0. The molecule has 0 fully saturated rings. The Morgan fingerprint density at radius 1 is 1.14 bits per heavy atom. The summed E-state index contributed by atoms with van der Waals surface area (Å²) in [5, 5.41) is 10.8. The molecule has 0 heterocycles. The highest BCUT2D eigenvalue weighted by Gasteiger charge is 2.59. The van der Waals surface area contributed by atoms with E-state index in [4.69, 9.17) is 10.9 Å². The maximum Gasteiger partial charge on any atom is 0.434 e. The molecular weight excluding hydrogens is 313 g/mol. The van der Waals surface area contributed by atoms with Gasteiger partial charge in [-0.3, -0.25) is 0 Å². The first-order valence-electron chi connectivity index (χ1n) is 5.04. The molecule has 118 valence electrons. The largest absolute Gasteiger partial charge is 0.471 e. The van der Waals surface area contributed by atoms with E-state index in [9.17, 15) is 30.7 Å². The summed E-state index contributed by atoms with van der Waals surface area (Å²) in [6.07, 6.45) is -15.6. The van der Waals surface area contributed by atoms with Gasteiger partial charge in [-0.25, -0.2) is 4.39 Å². The van der Waals surface area contributed by atoms with E-state index in [0.29, 0.717) is 18.2 Å². The second kappa shape index (κ2) is 5.66. The molecule has 3 N–H and O–H groups in total. The van der Waals surface area contributed by atoms with Crippen molar-refractivity contribution in [1.29, 1.82) is 0 Å². The zero-order valence-electron chi connectivity index (χ0n) is 9.84. The van der Waals surface area contributed by atoms with Crippen LogP contribution in [0.15, 0.2) is 23.4 Å². The van der Waals surface area contributed by atoms with E-state index >= 15 is 0 Å². The van der Waals surface area contributed by atoms with Gasteiger partial charge in [0.05, 0.1) is 5.56 Å². The molecule has 0 unspecified atom stereocenters. The molecule has 0 aliphatic rings. The van der Waals surface area contributed by atoms with E-state index in [-0.39, 0.29) is 0 Å². The van der Waals surface area contributed by atoms with Crippen LogP contribution in [0.3, 0.4) is 0 Å². The van der Waals surface area contributed by atoms with Crippen LogP contribution in [0.25, 0.3) is 0 Å². The maximum absolute atomic E-state index is 13.0. The molecule has 0 saturated heterocycles. The molecule has 0 bridgehead atoms. The van der Waals surface area contributed by atoms with Crippen LogP contribution in [0.2, 0.25) is 0 Å². The first kappa shape index (κ1) is 16.9. The fourth-order valence-electron chi connectivity index (χ4n) is 1.31. The molecule has 0 radical (unpaired) electrons. The Labute approximate surface area is 112 Å². The molecule has 1 rings (SSSR count). The van der Waals surface area contributed by atoms with Crippen LogP contribution in [-0.4, -0.2) is 29.5 Å². The van der Waals surface area contributed by atoms with Gasteiger partial charge in [-0.05, 0) is 18.2 Å². The van der Waals surface area contributed by atoms with Crippen molar-refractivity contribution < 1.29 is 40.7 Å². The Hall–Kier alpha value is -2.20. The minimum Gasteiger partial charge on any atom is -0.471 e. The van der Waals surface area contributed by atoms with Crippen molar-refractivity contribution in [2.75, 3.05) is 0 Å². The van der Waals surface area contributed by atoms with Gasteiger partial charge in [0, 0.05) is 0 Å². The van der Waals surface area contributed by atoms with Crippen molar-refractivity contribution in [2.24, 2.45) is 10.9 Å². The van der Waals surface area contributed by atoms with Gasteiger partial charge in [0.15, 0.2) is 5.84 Å². The third-order valence-electron chi connectivity index (χ3n) is 2.16. The fourth-order valence-corrected chi connectivity index (χ4v) is 1.31. The SMILES string of the molecule is N/C(=N/O)c1cc(F)ccc1OC(C(F)(F)F)C(F)(F)F. The lowest BCUT2D eigenvalue weighted by atomic mass is 10.1. The van der Waals surface area contributed by atoms with Crippen LogP contribution in [0, 0.1) is 5.82 Å². The summed E-state index contributed by atoms with van der Waals surface area (Å²) in [5.74, 6) is -2.97. The zero-order chi connectivity index (χ0) is 16.4. The van der Waals surface area contributed by atoms with Crippen LogP contribution < -0.4 is 10.5 Å². The smallest absolute Gasteiger partial charge is 0.434 e. The Kier molecular flexibility index (Phi) is 4.54. The number of oxime groups is 1. The Morgan fingerprint density at radius 2 is 1.67 bits per heavy atom. The first-order chi connectivity index (χ1) is 9.46. The van der Waals surface area contributed by atoms with E-state index in [1.165, 1.54) is 0 Å². The monoisotopic (exact) mass is 320 g/mol. The molecule has 0 atom stereocenters. The van der Waals surface area contributed by atoms with Crippen LogP contribution in [0.4, 0.5) is 30.7 Å². The van der Waals surface area contributed by atoms with E-state index in [1.54, 1.807) is 0 Å². The molecular formula is C10H7F7N2O2. The van der Waals surface area contributed by atoms with Gasteiger partial charge in [0.25, 0.3) is 6.10 Å². The quantitative estimate of drug-likeness (QED) is 0.296. The van der Waals surface area contributed by atoms with Crippen LogP contribution in [0.1, 0.15) is 5.56 Å². The average Bonchev–Trinajstić information content (AvgIpc) is 2.33. The average molecular weight is 320 g/mol. The number of hydrogen-bond acceptors (Lipinski definition) is 3. The van der Waals surface area contributed by atoms with Gasteiger partial charge < -0.3 is 15.7 Å². The summed E-state index contributed by atoms with van der Waals surface area (Å²) < 4.78 is 91.0. The molecule has 0 aliphatic carbocycles. The van der Waals surface area contributed by atoms with Gasteiger partial charge in [0.2, 0.25) is 0 Å². The normalized spacial score (nSPS) is 13.6. The van der Waals surface area contributed by atoms with Gasteiger partial charge in [-0.2, -0.15) is 26.3 Å². The number of halogens is 7. The van der Waals surface area contributed by atoms with Gasteiger partial charge in [-0.1, -0.05) is 5.16 Å². The minimum absolute atomic E-state index is 0.466. The first-order valence-corrected chi connectivity index (χ1v) is 5.04. The molecule has 0 spiro atoms. The highest BCUT2D eigenvalue weighted by Crippen LogP contribution is 2.37. The topological polar surface area (TPSA) is 67.8 Å². The van der Waals surface area contributed by atoms with E-state index in [0.717, 1.165) is 0 Å². The molecule has 1 aromatic rings. The number of benzene rings is 1. The molecule has 0 amide bonds. The number of rotatable bonds is 3. The predicted molar refractivity (Wildman–Crippen MR) is 55.4 cm³/mol. The lowest BCUT2D eigenvalue weighted by Crippen LogP contribution is -2.46. The highest BCUT2D eigenvalue weighted by atomic mass is 19.4. The van der Waals surface area contributed by atoms with Crippen molar-refractivity contribution in [3.8, 4) is 5.75 Å². The van der Waals surface area contributed by atoms with Gasteiger partial charge >= 0.3 is 12.4 Å². The Bertz CT molecular complexity index is 525. The summed E-state index contributed by atoms with van der Waals surface area (Å²) in [6, 6.07) is 1.54. The van der Waals surface area contributed by atoms with Crippen molar-refractivity contribution in [1.82, 2.24) is 0 Å². The Balaban J connectivity index is 3.28. The number of alkyl halides is 6. The predicted octanol–water partition coefficient (Wildman–Crippen LogP) is 2.79. The third-order valence-corrected chi connectivity index (χ3v) is 2.16. The lowest BCUT2D eigenvalue weighted by molar-refractivity contribution is -0.299. The van der Waals surface area contributed by atoms with Crippen molar-refractivity contribution in [3.63, 3.8) is 0 Å². The third kappa shape index (κ3) is 4.13. The van der Waals surface area contributed by atoms with Crippen LogP contribution >= 0.6 is 0 Å². The van der Waals surface area contributed by atoms with E-state index in [2.05, 4.69) is 9.89 Å². The molecule has 4 nitrogen and oxygen atoms in total. The van der Waals surface area contributed by atoms with Gasteiger partial charge in [0.1, 0.15) is 11.6 Å². The minimum atomic E-state index is -5.75. The highest BCUT2D eigenvalue weighted by molar-refractivity contribution is 5.99. The van der Waals surface area contributed by atoms with Crippen molar-refractivity contribution in [3.05, 3.63) is 29.6 Å². The summed E-state index contributed by atoms with van der Waals surface area (Å²) in [6.45, 7) is 0. The summed E-state index contributed by atoms with van der Waals surface area (Å²) in [5.41, 5.74) is 4.29. The standard InChI is InChI=1S/C10H7F7N2O2/c11-4-1-2-6(5(3-4)7(18)19-20)21-8(9(12,13)14)10(15,16)17/h1-3,8,20H,(H2,18,19). The van der Waals surface area contributed by atoms with Gasteiger partial charge in [-0.15, -0.1) is 0 Å². The number of nitrogens with zero attached hydrogens (tertiary/aromatic N) is 1. The van der Waals surface area contributed by atoms with E-state index in [1.807, 2.05) is 0 Å². The molecule has 0 saturated carbocycles. The fraction of sp³-hybridized carbons (Fsp3) is 0.300. The van der Waals surface area contributed by atoms with Crippen LogP contribution in [-0.2, 0) is 0 Å². The molecule has 11 heteroatoms. The molecule has 21 heavy (non-hydrogen) atoms. The number of hydrogen-bond donors (Lipinski definition) is 2. The summed E-state index contributed by atoms with van der Waals surface area (Å²) in [4.78, 5) is 0. The second-order valence-electron chi connectivity index (χ2n) is 3.71. The molecule has 1 aromatic carbocycles. The number of nitrogens with two attached hydrogens (primary N) is 1. The zero-order valence-corrected chi connectivity index (χ0v) is 9.84. The second-order valence-corrected chi connectivity index (χ2v) is 3.71. The lowest BCUT2D eigenvalue weighted by Gasteiger charge is -2.24.